The first kappa shape index (κ1) is 15.0. The van der Waals surface area contributed by atoms with E-state index in [1.165, 1.54) is 19.4 Å². The molecule has 0 spiro atoms. The number of hydrogen-bond donors (Lipinski definition) is 0. The minimum Gasteiger partial charge on any atom is -0.305 e. The lowest BCUT2D eigenvalue weighted by molar-refractivity contribution is -0.135. The maximum absolute atomic E-state index is 12.5. The number of ketones is 1. The molecule has 2 fully saturated rings. The lowest BCUT2D eigenvalue weighted by atomic mass is 9.71. The van der Waals surface area contributed by atoms with Crippen LogP contribution in [0.5, 0.6) is 0 Å². The maximum Gasteiger partial charge on any atom is 0.142 e. The van der Waals surface area contributed by atoms with Gasteiger partial charge in [0.2, 0.25) is 0 Å². The van der Waals surface area contributed by atoms with Crippen molar-refractivity contribution >= 4 is 5.78 Å². The van der Waals surface area contributed by atoms with Gasteiger partial charge in [-0.2, -0.15) is 0 Å². The molecular weight excluding hydrogens is 236 g/mol. The number of nitrogens with zero attached hydrogens (tertiary/aromatic N) is 2. The number of rotatable bonds is 2. The monoisotopic (exact) mass is 266 g/mol. The third-order valence-electron chi connectivity index (χ3n) is 5.03. The molecule has 1 aliphatic heterocycles. The van der Waals surface area contributed by atoms with Crippen LogP contribution in [-0.4, -0.2) is 54.9 Å². The molecule has 0 aromatic carbocycles. The van der Waals surface area contributed by atoms with E-state index in [4.69, 9.17) is 0 Å². The van der Waals surface area contributed by atoms with Gasteiger partial charge in [0.1, 0.15) is 5.78 Å². The summed E-state index contributed by atoms with van der Waals surface area (Å²) in [4.78, 5) is 17.5. The van der Waals surface area contributed by atoms with Crippen LogP contribution in [0.3, 0.4) is 0 Å². The fraction of sp³-hybridized carbons (Fsp3) is 0.938. The van der Waals surface area contributed by atoms with Crippen LogP contribution >= 0.6 is 0 Å². The number of carbonyl (C=O) groups excluding carboxylic acids is 1. The summed E-state index contributed by atoms with van der Waals surface area (Å²) in [5.41, 5.74) is -0.0885. The van der Waals surface area contributed by atoms with E-state index in [0.29, 0.717) is 11.8 Å². The van der Waals surface area contributed by atoms with E-state index in [1.54, 1.807) is 0 Å². The average molecular weight is 266 g/mol. The van der Waals surface area contributed by atoms with Crippen LogP contribution in [-0.2, 0) is 4.79 Å². The van der Waals surface area contributed by atoms with Gasteiger partial charge in [0, 0.05) is 30.5 Å². The van der Waals surface area contributed by atoms with Gasteiger partial charge in [-0.3, -0.25) is 9.69 Å². The van der Waals surface area contributed by atoms with E-state index in [2.05, 4.69) is 37.6 Å². The lowest BCUT2D eigenvalue weighted by Crippen LogP contribution is -2.45. The summed E-state index contributed by atoms with van der Waals surface area (Å²) in [5.74, 6) is 0.776. The fourth-order valence-corrected chi connectivity index (χ4v) is 3.75. The zero-order valence-corrected chi connectivity index (χ0v) is 13.1. The number of likely N-dealkylation sites (N-methyl/N-ethyl adjacent to an activating group) is 1. The largest absolute Gasteiger partial charge is 0.305 e. The van der Waals surface area contributed by atoms with Gasteiger partial charge in [-0.05, 0) is 46.3 Å². The van der Waals surface area contributed by atoms with Crippen molar-refractivity contribution in [1.29, 1.82) is 0 Å². The van der Waals surface area contributed by atoms with Crippen LogP contribution in [0.1, 0.15) is 46.5 Å². The maximum atomic E-state index is 12.5. The molecule has 0 N–H and O–H groups in total. The van der Waals surface area contributed by atoms with E-state index < -0.39 is 0 Å². The quantitative estimate of drug-likeness (QED) is 0.767. The first-order valence-corrected chi connectivity index (χ1v) is 7.87. The summed E-state index contributed by atoms with van der Waals surface area (Å²) in [6, 6.07) is 0.574. The number of carbonyl (C=O) groups is 1. The van der Waals surface area contributed by atoms with E-state index in [9.17, 15) is 4.79 Å². The molecule has 2 atom stereocenters. The smallest absolute Gasteiger partial charge is 0.142 e. The van der Waals surface area contributed by atoms with Crippen molar-refractivity contribution in [2.75, 3.05) is 33.2 Å². The molecule has 1 saturated carbocycles. The summed E-state index contributed by atoms with van der Waals surface area (Å²) in [6.07, 6.45) is 4.61. The fourth-order valence-electron chi connectivity index (χ4n) is 3.75. The molecule has 110 valence electrons. The molecule has 2 unspecified atom stereocenters. The molecule has 0 radical (unpaired) electrons. The summed E-state index contributed by atoms with van der Waals surface area (Å²) < 4.78 is 0. The van der Waals surface area contributed by atoms with Crippen LogP contribution in [0, 0.1) is 11.3 Å². The van der Waals surface area contributed by atoms with Gasteiger partial charge in [-0.15, -0.1) is 0 Å². The van der Waals surface area contributed by atoms with Crippen molar-refractivity contribution in [3.63, 3.8) is 0 Å². The highest BCUT2D eigenvalue weighted by Crippen LogP contribution is 2.36. The summed E-state index contributed by atoms with van der Waals surface area (Å²) in [7, 11) is 2.20. The minimum atomic E-state index is -0.0885. The predicted molar refractivity (Wildman–Crippen MR) is 79.3 cm³/mol. The highest BCUT2D eigenvalue weighted by molar-refractivity contribution is 5.87. The van der Waals surface area contributed by atoms with E-state index >= 15 is 0 Å². The third-order valence-corrected chi connectivity index (χ3v) is 5.03. The van der Waals surface area contributed by atoms with Crippen LogP contribution in [0.4, 0.5) is 0 Å². The molecule has 1 heterocycles. The first-order chi connectivity index (χ1) is 8.90. The molecule has 0 bridgehead atoms. The highest BCUT2D eigenvalue weighted by Gasteiger charge is 2.38. The lowest BCUT2D eigenvalue weighted by Gasteiger charge is -2.37. The normalized spacial score (nSPS) is 34.2. The third kappa shape index (κ3) is 3.57. The highest BCUT2D eigenvalue weighted by atomic mass is 16.1. The molecule has 1 saturated heterocycles. The standard InChI is InChI=1S/C16H30N2O/c1-13-11-17(4)9-6-10-18(13)12-14-7-5-8-16(2,3)15(14)19/h13-14H,5-12H2,1-4H3. The van der Waals surface area contributed by atoms with Gasteiger partial charge in [0.15, 0.2) is 0 Å². The van der Waals surface area contributed by atoms with Crippen LogP contribution in [0.25, 0.3) is 0 Å². The minimum absolute atomic E-state index is 0.0885. The summed E-state index contributed by atoms with van der Waals surface area (Å²) >= 11 is 0. The Hall–Kier alpha value is -0.410. The zero-order valence-electron chi connectivity index (χ0n) is 13.1. The Balaban J connectivity index is 1.97. The van der Waals surface area contributed by atoms with Gasteiger partial charge in [-0.1, -0.05) is 20.3 Å². The van der Waals surface area contributed by atoms with Crippen molar-refractivity contribution in [2.45, 2.75) is 52.5 Å². The molecule has 0 amide bonds. The van der Waals surface area contributed by atoms with Gasteiger partial charge >= 0.3 is 0 Å². The van der Waals surface area contributed by atoms with Crippen LogP contribution in [0.2, 0.25) is 0 Å². The van der Waals surface area contributed by atoms with Crippen molar-refractivity contribution in [1.82, 2.24) is 9.80 Å². The molecular formula is C16H30N2O. The molecule has 3 nitrogen and oxygen atoms in total. The van der Waals surface area contributed by atoms with Crippen molar-refractivity contribution < 1.29 is 4.79 Å². The molecule has 2 rings (SSSR count). The second-order valence-electron chi connectivity index (χ2n) is 7.30. The Bertz CT molecular complexity index is 327. The second kappa shape index (κ2) is 5.92. The Morgan fingerprint density at radius 1 is 1.26 bits per heavy atom. The van der Waals surface area contributed by atoms with Gasteiger partial charge in [0.05, 0.1) is 0 Å². The first-order valence-electron chi connectivity index (χ1n) is 7.87. The second-order valence-corrected chi connectivity index (χ2v) is 7.30. The van der Waals surface area contributed by atoms with Gasteiger partial charge in [0.25, 0.3) is 0 Å². The number of Topliss-reactive ketones (excluding diaryl/α,β-unsaturated/α-hetero) is 1. The topological polar surface area (TPSA) is 23.6 Å². The Labute approximate surface area is 118 Å². The Morgan fingerprint density at radius 3 is 2.74 bits per heavy atom. The van der Waals surface area contributed by atoms with E-state index in [1.807, 2.05) is 0 Å². The summed E-state index contributed by atoms with van der Waals surface area (Å²) in [5, 5.41) is 0. The molecule has 19 heavy (non-hydrogen) atoms. The molecule has 2 aliphatic rings. The number of hydrogen-bond acceptors (Lipinski definition) is 3. The zero-order chi connectivity index (χ0) is 14.0. The Morgan fingerprint density at radius 2 is 2.00 bits per heavy atom. The average Bonchev–Trinajstić information content (AvgIpc) is 2.47. The Kier molecular flexibility index (Phi) is 4.67. The van der Waals surface area contributed by atoms with Crippen LogP contribution < -0.4 is 0 Å². The van der Waals surface area contributed by atoms with Crippen LogP contribution in [0.15, 0.2) is 0 Å². The van der Waals surface area contributed by atoms with Crippen molar-refractivity contribution in [2.24, 2.45) is 11.3 Å². The summed E-state index contributed by atoms with van der Waals surface area (Å²) in [6.45, 7) is 11.0. The molecule has 0 aromatic rings. The van der Waals surface area contributed by atoms with E-state index in [-0.39, 0.29) is 11.3 Å². The molecule has 3 heteroatoms. The van der Waals surface area contributed by atoms with Gasteiger partial charge < -0.3 is 4.90 Å². The molecule has 0 aromatic heterocycles. The van der Waals surface area contributed by atoms with Crippen molar-refractivity contribution in [3.8, 4) is 0 Å². The SMILES string of the molecule is CC1CN(C)CCCN1CC1CCCC(C)(C)C1=O. The van der Waals surface area contributed by atoms with E-state index in [0.717, 1.165) is 32.5 Å². The van der Waals surface area contributed by atoms with Gasteiger partial charge in [-0.25, -0.2) is 0 Å². The predicted octanol–water partition coefficient (Wildman–Crippen LogP) is 2.41. The molecule has 1 aliphatic carbocycles. The van der Waals surface area contributed by atoms with Crippen molar-refractivity contribution in [3.05, 3.63) is 0 Å².